The van der Waals surface area contributed by atoms with Crippen molar-refractivity contribution in [1.29, 1.82) is 0 Å². The van der Waals surface area contributed by atoms with Crippen molar-refractivity contribution < 1.29 is 16.8 Å². The van der Waals surface area contributed by atoms with Gasteiger partial charge in [-0.1, -0.05) is 38.9 Å². The van der Waals surface area contributed by atoms with Crippen molar-refractivity contribution in [2.45, 2.75) is 38.9 Å². The molecule has 0 atom stereocenters. The molecule has 0 nitrogen and oxygen atoms in total. The van der Waals surface area contributed by atoms with Crippen LogP contribution >= 0.6 is 0 Å². The van der Waals surface area contributed by atoms with Crippen LogP contribution in [0.4, 0.5) is 0 Å². The van der Waals surface area contributed by atoms with Gasteiger partial charge in [-0.25, -0.2) is 0 Å². The Hall–Kier alpha value is 0.723. The summed E-state index contributed by atoms with van der Waals surface area (Å²) in [6.07, 6.45) is 0. The molecule has 2 radical (unpaired) electrons. The molecule has 52 valence electrons. The first kappa shape index (κ1) is 11.5. The van der Waals surface area contributed by atoms with Gasteiger partial charge in [0, 0.05) is 25.6 Å². The second-order valence-electron chi connectivity index (χ2n) is 1.81. The summed E-state index contributed by atoms with van der Waals surface area (Å²) in [6, 6.07) is 4.37. The van der Waals surface area contributed by atoms with Crippen molar-refractivity contribution >= 4 is 8.80 Å². The summed E-state index contributed by atoms with van der Waals surface area (Å²) in [5.74, 6) is 0. The molecule has 0 aliphatic rings. The van der Waals surface area contributed by atoms with E-state index < -0.39 is 0 Å². The van der Waals surface area contributed by atoms with Gasteiger partial charge in [-0.05, 0) is 0 Å². The SMILES string of the molecule is CC[Si](CC)CC.[Co]. The van der Waals surface area contributed by atoms with Crippen LogP contribution in [0.15, 0.2) is 0 Å². The summed E-state index contributed by atoms with van der Waals surface area (Å²) in [5, 5.41) is 0. The van der Waals surface area contributed by atoms with E-state index in [1.54, 1.807) is 0 Å². The Morgan fingerprint density at radius 1 is 0.875 bits per heavy atom. The van der Waals surface area contributed by atoms with Crippen LogP contribution in [0.2, 0.25) is 18.1 Å². The van der Waals surface area contributed by atoms with Crippen molar-refractivity contribution in [3.63, 3.8) is 0 Å². The van der Waals surface area contributed by atoms with Crippen molar-refractivity contribution in [1.82, 2.24) is 0 Å². The van der Waals surface area contributed by atoms with E-state index in [4.69, 9.17) is 0 Å². The Morgan fingerprint density at radius 2 is 1.12 bits per heavy atom. The fraction of sp³-hybridized carbons (Fsp3) is 1.00. The predicted octanol–water partition coefficient (Wildman–Crippen LogP) is 2.54. The van der Waals surface area contributed by atoms with Crippen LogP contribution in [0.25, 0.3) is 0 Å². The minimum absolute atomic E-state index is 0. The third-order valence-electron chi connectivity index (χ3n) is 1.50. The maximum Gasteiger partial charge on any atom is 0.0470 e. The number of rotatable bonds is 3. The van der Waals surface area contributed by atoms with E-state index in [1.807, 2.05) is 0 Å². The zero-order chi connectivity index (χ0) is 5.70. The van der Waals surface area contributed by atoms with Gasteiger partial charge in [0.05, 0.1) is 0 Å². The second kappa shape index (κ2) is 7.72. The second-order valence-corrected chi connectivity index (χ2v) is 5.43. The molecule has 0 amide bonds. The molecular weight excluding hydrogens is 159 g/mol. The molecule has 0 bridgehead atoms. The summed E-state index contributed by atoms with van der Waals surface area (Å²) in [7, 11) is 0.137. The molecule has 0 spiro atoms. The molecule has 8 heavy (non-hydrogen) atoms. The van der Waals surface area contributed by atoms with Crippen LogP contribution < -0.4 is 0 Å². The number of hydrogen-bond acceptors (Lipinski definition) is 0. The molecule has 0 aliphatic heterocycles. The Labute approximate surface area is 64.9 Å². The zero-order valence-electron chi connectivity index (χ0n) is 5.95. The van der Waals surface area contributed by atoms with Crippen molar-refractivity contribution in [2.24, 2.45) is 0 Å². The average molecular weight is 174 g/mol. The Bertz CT molecular complexity index is 30.0. The van der Waals surface area contributed by atoms with Crippen molar-refractivity contribution in [3.05, 3.63) is 0 Å². The molecular formula is C6H15CoSi. The molecule has 0 saturated heterocycles. The van der Waals surface area contributed by atoms with E-state index in [0.29, 0.717) is 0 Å². The van der Waals surface area contributed by atoms with Crippen LogP contribution in [0.5, 0.6) is 0 Å². The van der Waals surface area contributed by atoms with E-state index in [9.17, 15) is 0 Å². The minimum atomic E-state index is 0. The largest absolute Gasteiger partial charge is 0.0680 e. The standard InChI is InChI=1S/C6H15Si.Co/c1-4-7(5-2)6-3;/h4-6H2,1-3H3;. The quantitative estimate of drug-likeness (QED) is 0.577. The molecule has 2 heteroatoms. The van der Waals surface area contributed by atoms with Crippen LogP contribution in [0.3, 0.4) is 0 Å². The van der Waals surface area contributed by atoms with Gasteiger partial charge in [0.2, 0.25) is 0 Å². The Balaban J connectivity index is 0. The van der Waals surface area contributed by atoms with E-state index >= 15 is 0 Å². The topological polar surface area (TPSA) is 0 Å². The summed E-state index contributed by atoms with van der Waals surface area (Å²) in [6.45, 7) is 6.92. The number of hydrogen-bond donors (Lipinski definition) is 0. The summed E-state index contributed by atoms with van der Waals surface area (Å²) in [4.78, 5) is 0. The third kappa shape index (κ3) is 4.87. The van der Waals surface area contributed by atoms with Gasteiger partial charge in [-0.2, -0.15) is 0 Å². The van der Waals surface area contributed by atoms with Crippen LogP contribution in [0.1, 0.15) is 20.8 Å². The molecule has 0 unspecified atom stereocenters. The van der Waals surface area contributed by atoms with E-state index in [2.05, 4.69) is 20.8 Å². The maximum absolute atomic E-state index is 2.31. The smallest absolute Gasteiger partial charge is 0.0470 e. The van der Waals surface area contributed by atoms with Gasteiger partial charge in [-0.15, -0.1) is 0 Å². The van der Waals surface area contributed by atoms with E-state index in [-0.39, 0.29) is 25.6 Å². The van der Waals surface area contributed by atoms with Gasteiger partial charge in [0.1, 0.15) is 0 Å². The molecule has 0 aliphatic carbocycles. The molecule has 0 aromatic heterocycles. The molecule has 0 heterocycles. The molecule has 0 saturated carbocycles. The Kier molecular flexibility index (Phi) is 11.1. The van der Waals surface area contributed by atoms with Crippen LogP contribution in [0, 0.1) is 0 Å². The molecule has 0 aromatic carbocycles. The van der Waals surface area contributed by atoms with Crippen molar-refractivity contribution in [2.75, 3.05) is 0 Å². The zero-order valence-corrected chi connectivity index (χ0v) is 8.00. The van der Waals surface area contributed by atoms with Crippen LogP contribution in [-0.2, 0) is 16.8 Å². The van der Waals surface area contributed by atoms with Gasteiger partial charge in [0.15, 0.2) is 0 Å². The first-order valence-electron chi connectivity index (χ1n) is 3.18. The summed E-state index contributed by atoms with van der Waals surface area (Å²) < 4.78 is 0. The molecule has 0 aromatic rings. The molecule has 0 rings (SSSR count). The Morgan fingerprint density at radius 3 is 1.12 bits per heavy atom. The van der Waals surface area contributed by atoms with Crippen molar-refractivity contribution in [3.8, 4) is 0 Å². The fourth-order valence-electron chi connectivity index (χ4n) is 0.750. The summed E-state index contributed by atoms with van der Waals surface area (Å²) in [5.41, 5.74) is 0. The van der Waals surface area contributed by atoms with Crippen LogP contribution in [-0.4, -0.2) is 8.80 Å². The monoisotopic (exact) mass is 174 g/mol. The molecule has 0 N–H and O–H groups in total. The minimum Gasteiger partial charge on any atom is -0.0680 e. The van der Waals surface area contributed by atoms with Gasteiger partial charge in [-0.3, -0.25) is 0 Å². The van der Waals surface area contributed by atoms with E-state index in [1.165, 1.54) is 18.1 Å². The third-order valence-corrected chi connectivity index (χ3v) is 4.50. The fourth-order valence-corrected chi connectivity index (χ4v) is 2.25. The maximum atomic E-state index is 2.31. The predicted molar refractivity (Wildman–Crippen MR) is 37.2 cm³/mol. The average Bonchev–Trinajstić information content (AvgIpc) is 1.72. The van der Waals surface area contributed by atoms with E-state index in [0.717, 1.165) is 0 Å². The van der Waals surface area contributed by atoms with Gasteiger partial charge in [0.25, 0.3) is 0 Å². The summed E-state index contributed by atoms with van der Waals surface area (Å²) >= 11 is 0. The van der Waals surface area contributed by atoms with Gasteiger partial charge >= 0.3 is 0 Å². The first-order valence-corrected chi connectivity index (χ1v) is 5.30. The van der Waals surface area contributed by atoms with Gasteiger partial charge < -0.3 is 0 Å². The normalized spacial score (nSPS) is 9.00. The first-order chi connectivity index (χ1) is 3.35. The molecule has 0 fully saturated rings.